The van der Waals surface area contributed by atoms with Crippen LogP contribution in [0.1, 0.15) is 38.2 Å². The summed E-state index contributed by atoms with van der Waals surface area (Å²) in [5.41, 5.74) is 4.38. The van der Waals surface area contributed by atoms with E-state index in [4.69, 9.17) is 0 Å². The van der Waals surface area contributed by atoms with E-state index in [-0.39, 0.29) is 11.3 Å². The topological polar surface area (TPSA) is 17.1 Å². The molecule has 2 heteroatoms. The molecule has 0 aliphatic heterocycles. The van der Waals surface area contributed by atoms with Crippen molar-refractivity contribution in [3.8, 4) is 0 Å². The van der Waals surface area contributed by atoms with Gasteiger partial charge in [0.2, 0.25) is 0 Å². The Labute approximate surface area is 113 Å². The third-order valence-electron chi connectivity index (χ3n) is 3.43. The Morgan fingerprint density at radius 2 is 1.58 bits per heavy atom. The lowest BCUT2D eigenvalue weighted by molar-refractivity contribution is 0.103. The van der Waals surface area contributed by atoms with Crippen molar-refractivity contribution in [1.29, 1.82) is 0 Å². The van der Waals surface area contributed by atoms with Crippen LogP contribution in [0.25, 0.3) is 0 Å². The SMILES string of the molecule is Cc1cc(C)c(C(=O)c2ccc(C)c(C)c2)c(F)c1. The summed E-state index contributed by atoms with van der Waals surface area (Å²) in [7, 11) is 0. The van der Waals surface area contributed by atoms with E-state index in [2.05, 4.69) is 0 Å². The second-order valence-electron chi connectivity index (χ2n) is 5.07. The predicted molar refractivity (Wildman–Crippen MR) is 75.2 cm³/mol. The molecule has 0 heterocycles. The molecule has 0 unspecified atom stereocenters. The number of halogens is 1. The predicted octanol–water partition coefficient (Wildman–Crippen LogP) is 4.29. The van der Waals surface area contributed by atoms with Gasteiger partial charge in [-0.3, -0.25) is 4.79 Å². The number of hydrogen-bond donors (Lipinski definition) is 0. The zero-order chi connectivity index (χ0) is 14.2. The third-order valence-corrected chi connectivity index (χ3v) is 3.43. The lowest BCUT2D eigenvalue weighted by Crippen LogP contribution is -2.08. The van der Waals surface area contributed by atoms with E-state index in [1.165, 1.54) is 6.07 Å². The molecule has 0 radical (unpaired) electrons. The van der Waals surface area contributed by atoms with E-state index in [9.17, 15) is 9.18 Å². The van der Waals surface area contributed by atoms with Crippen molar-refractivity contribution in [3.05, 3.63) is 69.5 Å². The fraction of sp³-hybridized carbons (Fsp3) is 0.235. The molecule has 0 N–H and O–H groups in total. The Morgan fingerprint density at radius 3 is 2.16 bits per heavy atom. The fourth-order valence-corrected chi connectivity index (χ4v) is 2.23. The molecule has 0 amide bonds. The van der Waals surface area contributed by atoms with E-state index in [0.29, 0.717) is 11.1 Å². The van der Waals surface area contributed by atoms with Crippen LogP contribution in [0, 0.1) is 33.5 Å². The largest absolute Gasteiger partial charge is 0.288 e. The Balaban J connectivity index is 2.53. The van der Waals surface area contributed by atoms with Crippen LogP contribution in [0.4, 0.5) is 4.39 Å². The van der Waals surface area contributed by atoms with Crippen LogP contribution in [-0.4, -0.2) is 5.78 Å². The molecular formula is C17H17FO. The molecule has 2 aromatic carbocycles. The summed E-state index contributed by atoms with van der Waals surface area (Å²) in [6.45, 7) is 7.52. The van der Waals surface area contributed by atoms with Crippen molar-refractivity contribution in [1.82, 2.24) is 0 Å². The minimum Gasteiger partial charge on any atom is -0.288 e. The molecule has 0 aliphatic carbocycles. The lowest BCUT2D eigenvalue weighted by Gasteiger charge is -2.09. The standard InChI is InChI=1S/C17H17FO/c1-10-7-13(4)16(15(18)8-10)17(19)14-6-5-11(2)12(3)9-14/h5-9H,1-4H3. The first-order chi connectivity index (χ1) is 8.90. The van der Waals surface area contributed by atoms with Gasteiger partial charge in [-0.15, -0.1) is 0 Å². The lowest BCUT2D eigenvalue weighted by atomic mass is 9.95. The van der Waals surface area contributed by atoms with Crippen LogP contribution in [0.15, 0.2) is 30.3 Å². The Kier molecular flexibility index (Phi) is 3.52. The van der Waals surface area contributed by atoms with E-state index >= 15 is 0 Å². The van der Waals surface area contributed by atoms with Gasteiger partial charge in [-0.05, 0) is 62.1 Å². The summed E-state index contributed by atoms with van der Waals surface area (Å²) in [4.78, 5) is 12.4. The van der Waals surface area contributed by atoms with Crippen LogP contribution in [0.3, 0.4) is 0 Å². The van der Waals surface area contributed by atoms with Crippen LogP contribution in [0.2, 0.25) is 0 Å². The average Bonchev–Trinajstić information content (AvgIpc) is 2.31. The van der Waals surface area contributed by atoms with Crippen molar-refractivity contribution in [2.45, 2.75) is 27.7 Å². The quantitative estimate of drug-likeness (QED) is 0.732. The normalized spacial score (nSPS) is 10.6. The van der Waals surface area contributed by atoms with Gasteiger partial charge < -0.3 is 0 Å². The van der Waals surface area contributed by atoms with Crippen molar-refractivity contribution in [3.63, 3.8) is 0 Å². The molecule has 0 aliphatic rings. The van der Waals surface area contributed by atoms with Gasteiger partial charge in [0, 0.05) is 5.56 Å². The van der Waals surface area contributed by atoms with Gasteiger partial charge in [-0.1, -0.05) is 18.2 Å². The molecule has 0 fully saturated rings. The average molecular weight is 256 g/mol. The van der Waals surface area contributed by atoms with Crippen molar-refractivity contribution < 1.29 is 9.18 Å². The zero-order valence-corrected chi connectivity index (χ0v) is 11.7. The van der Waals surface area contributed by atoms with Gasteiger partial charge >= 0.3 is 0 Å². The molecule has 0 bridgehead atoms. The molecule has 0 atom stereocenters. The van der Waals surface area contributed by atoms with Gasteiger partial charge in [0.1, 0.15) is 5.82 Å². The smallest absolute Gasteiger partial charge is 0.196 e. The number of aryl methyl sites for hydroxylation is 4. The van der Waals surface area contributed by atoms with Gasteiger partial charge in [0.25, 0.3) is 0 Å². The highest BCUT2D eigenvalue weighted by Crippen LogP contribution is 2.21. The summed E-state index contributed by atoms with van der Waals surface area (Å²) in [6.07, 6.45) is 0. The second kappa shape index (κ2) is 4.96. The maximum Gasteiger partial charge on any atom is 0.196 e. The Morgan fingerprint density at radius 1 is 0.895 bits per heavy atom. The van der Waals surface area contributed by atoms with E-state index < -0.39 is 5.82 Å². The van der Waals surface area contributed by atoms with E-state index in [0.717, 1.165) is 16.7 Å². The first-order valence-electron chi connectivity index (χ1n) is 6.29. The maximum atomic E-state index is 14.0. The van der Waals surface area contributed by atoms with Crippen molar-refractivity contribution in [2.24, 2.45) is 0 Å². The number of ketones is 1. The highest BCUT2D eigenvalue weighted by molar-refractivity contribution is 6.10. The molecular weight excluding hydrogens is 239 g/mol. The number of hydrogen-bond acceptors (Lipinski definition) is 1. The molecule has 2 aromatic rings. The molecule has 98 valence electrons. The molecule has 19 heavy (non-hydrogen) atoms. The second-order valence-corrected chi connectivity index (χ2v) is 5.07. The number of carbonyl (C=O) groups is 1. The minimum atomic E-state index is -0.444. The third kappa shape index (κ3) is 2.58. The van der Waals surface area contributed by atoms with Crippen molar-refractivity contribution >= 4 is 5.78 Å². The van der Waals surface area contributed by atoms with Crippen LogP contribution in [-0.2, 0) is 0 Å². The maximum absolute atomic E-state index is 14.0. The van der Waals surface area contributed by atoms with Gasteiger partial charge in [-0.2, -0.15) is 0 Å². The van der Waals surface area contributed by atoms with Gasteiger partial charge in [0.05, 0.1) is 5.56 Å². The summed E-state index contributed by atoms with van der Waals surface area (Å²) >= 11 is 0. The summed E-state index contributed by atoms with van der Waals surface area (Å²) in [5, 5.41) is 0. The molecule has 0 saturated heterocycles. The Hall–Kier alpha value is -1.96. The van der Waals surface area contributed by atoms with Crippen LogP contribution >= 0.6 is 0 Å². The number of carbonyl (C=O) groups excluding carboxylic acids is 1. The highest BCUT2D eigenvalue weighted by Gasteiger charge is 2.17. The number of benzene rings is 2. The monoisotopic (exact) mass is 256 g/mol. The summed E-state index contributed by atoms with van der Waals surface area (Å²) in [6, 6.07) is 8.70. The van der Waals surface area contributed by atoms with Crippen LogP contribution in [0.5, 0.6) is 0 Å². The Bertz CT molecular complexity index is 633. The van der Waals surface area contributed by atoms with E-state index in [1.54, 1.807) is 13.0 Å². The molecule has 0 saturated carbocycles. The minimum absolute atomic E-state index is 0.175. The first kappa shape index (κ1) is 13.5. The molecule has 0 spiro atoms. The van der Waals surface area contributed by atoms with E-state index in [1.807, 2.05) is 39.0 Å². The zero-order valence-electron chi connectivity index (χ0n) is 11.7. The van der Waals surface area contributed by atoms with Crippen LogP contribution < -0.4 is 0 Å². The first-order valence-corrected chi connectivity index (χ1v) is 6.29. The fourth-order valence-electron chi connectivity index (χ4n) is 2.23. The summed E-state index contributed by atoms with van der Waals surface area (Å²) < 4.78 is 14.0. The molecule has 1 nitrogen and oxygen atoms in total. The molecule has 2 rings (SSSR count). The van der Waals surface area contributed by atoms with Gasteiger partial charge in [0.15, 0.2) is 5.78 Å². The van der Waals surface area contributed by atoms with Gasteiger partial charge in [-0.25, -0.2) is 4.39 Å². The molecule has 0 aromatic heterocycles. The van der Waals surface area contributed by atoms with Crippen molar-refractivity contribution in [2.75, 3.05) is 0 Å². The highest BCUT2D eigenvalue weighted by atomic mass is 19.1. The number of rotatable bonds is 2. The summed E-state index contributed by atoms with van der Waals surface area (Å²) in [5.74, 6) is -0.696.